The molecule has 0 aromatic carbocycles. The zero-order valence-corrected chi connectivity index (χ0v) is 12.7. The minimum atomic E-state index is 0.159. The van der Waals surface area contributed by atoms with Crippen LogP contribution in [0.4, 0.5) is 0 Å². The average molecular weight is 289 g/mol. The molecular formula is C15H19N3OS. The number of carbonyl (C=O) groups excluding carboxylic acids is 1. The van der Waals surface area contributed by atoms with Crippen molar-refractivity contribution in [2.24, 2.45) is 7.05 Å². The molecule has 20 heavy (non-hydrogen) atoms. The van der Waals surface area contributed by atoms with Gasteiger partial charge in [-0.05, 0) is 36.8 Å². The van der Waals surface area contributed by atoms with Crippen molar-refractivity contribution in [2.45, 2.75) is 38.9 Å². The summed E-state index contributed by atoms with van der Waals surface area (Å²) >= 11 is 1.55. The van der Waals surface area contributed by atoms with Gasteiger partial charge < -0.3 is 0 Å². The summed E-state index contributed by atoms with van der Waals surface area (Å²) in [6.45, 7) is 3.48. The van der Waals surface area contributed by atoms with Gasteiger partial charge in [0, 0.05) is 37.9 Å². The van der Waals surface area contributed by atoms with Crippen molar-refractivity contribution in [3.63, 3.8) is 0 Å². The van der Waals surface area contributed by atoms with Gasteiger partial charge in [-0.2, -0.15) is 5.10 Å². The Hall–Kier alpha value is -1.46. The fourth-order valence-electron chi connectivity index (χ4n) is 2.42. The lowest BCUT2D eigenvalue weighted by Gasteiger charge is -2.20. The number of thiophene rings is 1. The highest BCUT2D eigenvalue weighted by Crippen LogP contribution is 2.30. The summed E-state index contributed by atoms with van der Waals surface area (Å²) in [6.07, 6.45) is 6.57. The number of hydrogen-bond acceptors (Lipinski definition) is 4. The fraction of sp³-hybridized carbons (Fsp3) is 0.467. The molecule has 0 aliphatic heterocycles. The lowest BCUT2D eigenvalue weighted by atomic mass is 10.2. The van der Waals surface area contributed by atoms with Crippen molar-refractivity contribution in [3.8, 4) is 0 Å². The molecular weight excluding hydrogens is 270 g/mol. The molecule has 1 aliphatic rings. The Bertz CT molecular complexity index is 612. The van der Waals surface area contributed by atoms with Crippen molar-refractivity contribution in [3.05, 3.63) is 39.8 Å². The molecule has 0 unspecified atom stereocenters. The van der Waals surface area contributed by atoms with Gasteiger partial charge in [0.25, 0.3) is 0 Å². The highest BCUT2D eigenvalue weighted by Gasteiger charge is 2.29. The predicted molar refractivity (Wildman–Crippen MR) is 79.8 cm³/mol. The number of rotatable bonds is 6. The zero-order chi connectivity index (χ0) is 14.1. The summed E-state index contributed by atoms with van der Waals surface area (Å²) in [5.41, 5.74) is 2.50. The van der Waals surface area contributed by atoms with Crippen LogP contribution in [0.1, 0.15) is 40.6 Å². The van der Waals surface area contributed by atoms with E-state index in [9.17, 15) is 4.79 Å². The molecule has 1 saturated carbocycles. The van der Waals surface area contributed by atoms with Crippen LogP contribution in [0.2, 0.25) is 0 Å². The first kappa shape index (κ1) is 13.5. The third-order valence-electron chi connectivity index (χ3n) is 3.59. The molecule has 1 fully saturated rings. The lowest BCUT2D eigenvalue weighted by molar-refractivity contribution is 0.102. The summed E-state index contributed by atoms with van der Waals surface area (Å²) < 4.78 is 1.85. The Morgan fingerprint density at radius 1 is 1.45 bits per heavy atom. The Morgan fingerprint density at radius 2 is 2.20 bits per heavy atom. The van der Waals surface area contributed by atoms with Gasteiger partial charge in [-0.25, -0.2) is 0 Å². The molecule has 0 atom stereocenters. The van der Waals surface area contributed by atoms with Gasteiger partial charge >= 0.3 is 0 Å². The first-order valence-corrected chi connectivity index (χ1v) is 7.79. The second-order valence-electron chi connectivity index (χ2n) is 5.53. The summed E-state index contributed by atoms with van der Waals surface area (Å²) in [5, 5.41) is 6.34. The van der Waals surface area contributed by atoms with Gasteiger partial charge in [0.2, 0.25) is 0 Å². The summed E-state index contributed by atoms with van der Waals surface area (Å²) in [5.74, 6) is 0.159. The smallest absolute Gasteiger partial charge is 0.169 e. The van der Waals surface area contributed by atoms with E-state index in [0.717, 1.165) is 18.0 Å². The number of carbonyl (C=O) groups is 1. The van der Waals surface area contributed by atoms with E-state index in [0.29, 0.717) is 6.04 Å². The maximum atomic E-state index is 11.4. The molecule has 2 aromatic heterocycles. The van der Waals surface area contributed by atoms with Crippen molar-refractivity contribution >= 4 is 17.1 Å². The maximum Gasteiger partial charge on any atom is 0.169 e. The van der Waals surface area contributed by atoms with Crippen molar-refractivity contribution in [2.75, 3.05) is 0 Å². The third kappa shape index (κ3) is 3.16. The molecule has 0 saturated heterocycles. The molecule has 2 heterocycles. The van der Waals surface area contributed by atoms with E-state index in [4.69, 9.17) is 0 Å². The number of hydrogen-bond donors (Lipinski definition) is 0. The molecule has 0 amide bonds. The van der Waals surface area contributed by atoms with E-state index in [1.54, 1.807) is 18.3 Å². The number of Topliss-reactive ketones (excluding diaryl/α,β-unsaturated/α-hetero) is 1. The Kier molecular flexibility index (Phi) is 3.72. The first-order valence-electron chi connectivity index (χ1n) is 6.92. The molecule has 2 aromatic rings. The van der Waals surface area contributed by atoms with Crippen molar-refractivity contribution in [1.82, 2.24) is 14.7 Å². The number of nitrogens with zero attached hydrogens (tertiary/aromatic N) is 3. The van der Waals surface area contributed by atoms with E-state index in [-0.39, 0.29) is 5.78 Å². The second-order valence-corrected chi connectivity index (χ2v) is 6.45. The average Bonchev–Trinajstić information content (AvgIpc) is 3.01. The largest absolute Gasteiger partial charge is 0.294 e. The Morgan fingerprint density at radius 3 is 2.75 bits per heavy atom. The molecule has 3 rings (SSSR count). The monoisotopic (exact) mass is 289 g/mol. The summed E-state index contributed by atoms with van der Waals surface area (Å²) in [4.78, 5) is 14.7. The van der Waals surface area contributed by atoms with Crippen LogP contribution in [0.5, 0.6) is 0 Å². The van der Waals surface area contributed by atoms with Gasteiger partial charge in [0.15, 0.2) is 5.78 Å². The molecule has 0 bridgehead atoms. The van der Waals surface area contributed by atoms with E-state index in [1.807, 2.05) is 24.0 Å². The molecule has 1 aliphatic carbocycles. The second kappa shape index (κ2) is 5.50. The van der Waals surface area contributed by atoms with Crippen molar-refractivity contribution < 1.29 is 4.79 Å². The number of aryl methyl sites for hydroxylation is 1. The Balaban J connectivity index is 1.69. The van der Waals surface area contributed by atoms with Gasteiger partial charge in [-0.15, -0.1) is 11.3 Å². The number of ketones is 1. The highest BCUT2D eigenvalue weighted by atomic mass is 32.1. The summed E-state index contributed by atoms with van der Waals surface area (Å²) in [6, 6.07) is 2.72. The van der Waals surface area contributed by atoms with Crippen LogP contribution in [0.15, 0.2) is 23.8 Å². The van der Waals surface area contributed by atoms with E-state index in [2.05, 4.69) is 21.6 Å². The van der Waals surface area contributed by atoms with Crippen LogP contribution < -0.4 is 0 Å². The van der Waals surface area contributed by atoms with Crippen LogP contribution >= 0.6 is 11.3 Å². The molecule has 0 radical (unpaired) electrons. The standard InChI is InChI=1S/C15H19N3OS/c1-11(19)15-5-12(10-20-15)8-18(14-3-4-14)9-13-6-16-17(2)7-13/h5-7,10,14H,3-4,8-9H2,1-2H3. The van der Waals surface area contributed by atoms with E-state index in [1.165, 1.54) is 24.0 Å². The molecule has 106 valence electrons. The zero-order valence-electron chi connectivity index (χ0n) is 11.9. The highest BCUT2D eigenvalue weighted by molar-refractivity contribution is 7.12. The molecule has 0 N–H and O–H groups in total. The van der Waals surface area contributed by atoms with E-state index < -0.39 is 0 Å². The summed E-state index contributed by atoms with van der Waals surface area (Å²) in [7, 11) is 1.95. The van der Waals surface area contributed by atoms with Crippen LogP contribution in [-0.2, 0) is 20.1 Å². The predicted octanol–water partition coefficient (Wildman–Crippen LogP) is 2.85. The SMILES string of the molecule is CC(=O)c1cc(CN(Cc2cnn(C)c2)C2CC2)cs1. The molecule has 5 heteroatoms. The number of aromatic nitrogens is 2. The molecule has 0 spiro atoms. The molecule has 4 nitrogen and oxygen atoms in total. The fourth-order valence-corrected chi connectivity index (χ4v) is 3.23. The van der Waals surface area contributed by atoms with Gasteiger partial charge in [0.1, 0.15) is 0 Å². The van der Waals surface area contributed by atoms with Gasteiger partial charge in [0.05, 0.1) is 11.1 Å². The van der Waals surface area contributed by atoms with Crippen LogP contribution in [-0.4, -0.2) is 26.5 Å². The third-order valence-corrected chi connectivity index (χ3v) is 4.67. The quantitative estimate of drug-likeness (QED) is 0.768. The normalized spacial score (nSPS) is 14.9. The van der Waals surface area contributed by atoms with Crippen LogP contribution in [0.25, 0.3) is 0 Å². The van der Waals surface area contributed by atoms with Crippen LogP contribution in [0.3, 0.4) is 0 Å². The van der Waals surface area contributed by atoms with E-state index >= 15 is 0 Å². The Labute approximate surface area is 123 Å². The minimum Gasteiger partial charge on any atom is -0.294 e. The first-order chi connectivity index (χ1) is 9.61. The van der Waals surface area contributed by atoms with Gasteiger partial charge in [-0.3, -0.25) is 14.4 Å². The minimum absolute atomic E-state index is 0.159. The van der Waals surface area contributed by atoms with Crippen LogP contribution in [0, 0.1) is 0 Å². The van der Waals surface area contributed by atoms with Crippen molar-refractivity contribution in [1.29, 1.82) is 0 Å². The lowest BCUT2D eigenvalue weighted by Crippen LogP contribution is -2.24. The topological polar surface area (TPSA) is 38.1 Å². The maximum absolute atomic E-state index is 11.4. The van der Waals surface area contributed by atoms with Gasteiger partial charge in [-0.1, -0.05) is 0 Å².